The molecule has 8 nitrogen and oxygen atoms in total. The third-order valence-corrected chi connectivity index (χ3v) is 6.31. The van der Waals surface area contributed by atoms with E-state index in [9.17, 15) is 4.79 Å². The SMILES string of the molecule is COc1ccc(COc2cc([C@H]3C[C@@H]3c3nccc(C)n3)nc3cc(NC(=O)OC(C)(C)C)ccc23)cc1. The Morgan fingerprint density at radius 1 is 1.03 bits per heavy atom. The first kappa shape index (κ1) is 25.4. The van der Waals surface area contributed by atoms with Crippen LogP contribution in [-0.2, 0) is 11.3 Å². The molecule has 1 amide bonds. The summed E-state index contributed by atoms with van der Waals surface area (Å²) in [5, 5.41) is 3.67. The number of pyridine rings is 1. The Hall–Kier alpha value is -4.20. The monoisotopic (exact) mass is 512 g/mol. The van der Waals surface area contributed by atoms with Crippen molar-refractivity contribution in [3.8, 4) is 11.5 Å². The van der Waals surface area contributed by atoms with Gasteiger partial charge in [0.1, 0.15) is 29.5 Å². The lowest BCUT2D eigenvalue weighted by molar-refractivity contribution is 0.0636. The van der Waals surface area contributed by atoms with Crippen LogP contribution in [0.1, 0.15) is 61.8 Å². The van der Waals surface area contributed by atoms with E-state index < -0.39 is 11.7 Å². The summed E-state index contributed by atoms with van der Waals surface area (Å²) in [6.07, 6.45) is 2.22. The number of benzene rings is 2. The third-order valence-electron chi connectivity index (χ3n) is 6.31. The van der Waals surface area contributed by atoms with E-state index in [1.54, 1.807) is 13.3 Å². The molecule has 1 fully saturated rings. The molecule has 8 heteroatoms. The second-order valence-electron chi connectivity index (χ2n) is 10.5. The van der Waals surface area contributed by atoms with E-state index in [0.29, 0.717) is 12.3 Å². The number of aromatic nitrogens is 3. The van der Waals surface area contributed by atoms with Crippen molar-refractivity contribution < 1.29 is 19.0 Å². The summed E-state index contributed by atoms with van der Waals surface area (Å²) in [7, 11) is 1.65. The molecule has 5 rings (SSSR count). The van der Waals surface area contributed by atoms with Crippen LogP contribution in [-0.4, -0.2) is 33.8 Å². The Balaban J connectivity index is 1.44. The second kappa shape index (κ2) is 10.3. The Morgan fingerprint density at radius 3 is 2.53 bits per heavy atom. The summed E-state index contributed by atoms with van der Waals surface area (Å²) in [4.78, 5) is 26.4. The van der Waals surface area contributed by atoms with Crippen LogP contribution in [0.2, 0.25) is 0 Å². The molecule has 2 atom stereocenters. The molecular weight excluding hydrogens is 480 g/mol. The predicted molar refractivity (Wildman–Crippen MR) is 146 cm³/mol. The van der Waals surface area contributed by atoms with E-state index in [-0.39, 0.29) is 11.8 Å². The maximum Gasteiger partial charge on any atom is 0.412 e. The molecule has 0 radical (unpaired) electrons. The highest BCUT2D eigenvalue weighted by molar-refractivity contribution is 5.92. The van der Waals surface area contributed by atoms with Crippen molar-refractivity contribution in [2.24, 2.45) is 0 Å². The summed E-state index contributed by atoms with van der Waals surface area (Å²) >= 11 is 0. The fourth-order valence-electron chi connectivity index (χ4n) is 4.36. The molecule has 2 heterocycles. The number of hydrogen-bond acceptors (Lipinski definition) is 7. The first-order valence-electron chi connectivity index (χ1n) is 12.7. The van der Waals surface area contributed by atoms with Gasteiger partial charge in [-0.05, 0) is 76.1 Å². The van der Waals surface area contributed by atoms with Gasteiger partial charge >= 0.3 is 6.09 Å². The number of hydrogen-bond donors (Lipinski definition) is 1. The smallest absolute Gasteiger partial charge is 0.412 e. The van der Waals surface area contributed by atoms with E-state index in [1.807, 2.05) is 82.3 Å². The minimum absolute atomic E-state index is 0.201. The minimum atomic E-state index is -0.590. The van der Waals surface area contributed by atoms with Gasteiger partial charge in [0.2, 0.25) is 0 Å². The van der Waals surface area contributed by atoms with E-state index >= 15 is 0 Å². The summed E-state index contributed by atoms with van der Waals surface area (Å²) in [5.41, 5.74) is 3.65. The zero-order chi connectivity index (χ0) is 26.9. The highest BCUT2D eigenvalue weighted by Gasteiger charge is 2.43. The third kappa shape index (κ3) is 6.02. The molecule has 2 aromatic heterocycles. The molecule has 1 aliphatic rings. The van der Waals surface area contributed by atoms with Crippen molar-refractivity contribution in [1.29, 1.82) is 0 Å². The number of carbonyl (C=O) groups excluding carboxylic acids is 1. The van der Waals surface area contributed by atoms with Crippen LogP contribution < -0.4 is 14.8 Å². The van der Waals surface area contributed by atoms with Gasteiger partial charge in [0.05, 0.1) is 12.6 Å². The van der Waals surface area contributed by atoms with Gasteiger partial charge in [-0.1, -0.05) is 12.1 Å². The van der Waals surface area contributed by atoms with Gasteiger partial charge in [0.25, 0.3) is 0 Å². The normalized spacial score (nSPS) is 16.7. The lowest BCUT2D eigenvalue weighted by Gasteiger charge is -2.20. The van der Waals surface area contributed by atoms with Crippen LogP contribution in [0.5, 0.6) is 11.5 Å². The summed E-state index contributed by atoms with van der Waals surface area (Å²) < 4.78 is 17.0. The summed E-state index contributed by atoms with van der Waals surface area (Å²) in [6, 6.07) is 17.3. The maximum absolute atomic E-state index is 12.3. The van der Waals surface area contributed by atoms with Crippen molar-refractivity contribution in [1.82, 2.24) is 15.0 Å². The zero-order valence-corrected chi connectivity index (χ0v) is 22.3. The molecule has 0 spiro atoms. The van der Waals surface area contributed by atoms with E-state index in [0.717, 1.165) is 51.6 Å². The van der Waals surface area contributed by atoms with Gasteiger partial charge in [-0.2, -0.15) is 0 Å². The zero-order valence-electron chi connectivity index (χ0n) is 22.3. The molecule has 1 saturated carbocycles. The maximum atomic E-state index is 12.3. The predicted octanol–water partition coefficient (Wildman–Crippen LogP) is 6.54. The van der Waals surface area contributed by atoms with Gasteiger partial charge in [-0.3, -0.25) is 10.3 Å². The van der Waals surface area contributed by atoms with Crippen molar-refractivity contribution in [3.63, 3.8) is 0 Å². The molecule has 1 aliphatic carbocycles. The average molecular weight is 513 g/mol. The first-order chi connectivity index (χ1) is 18.2. The summed E-state index contributed by atoms with van der Waals surface area (Å²) in [6.45, 7) is 7.86. The van der Waals surface area contributed by atoms with Crippen molar-refractivity contribution in [2.75, 3.05) is 12.4 Å². The molecule has 4 aromatic rings. The number of rotatable bonds is 7. The fourth-order valence-corrected chi connectivity index (χ4v) is 4.36. The number of nitrogens with zero attached hydrogens (tertiary/aromatic N) is 3. The highest BCUT2D eigenvalue weighted by atomic mass is 16.6. The Morgan fingerprint density at radius 2 is 1.82 bits per heavy atom. The van der Waals surface area contributed by atoms with Crippen molar-refractivity contribution in [2.45, 2.75) is 58.2 Å². The van der Waals surface area contributed by atoms with Gasteiger partial charge in [0.15, 0.2) is 0 Å². The van der Waals surface area contributed by atoms with Crippen LogP contribution in [0.4, 0.5) is 10.5 Å². The minimum Gasteiger partial charge on any atom is -0.497 e. The number of fused-ring (bicyclic) bond motifs is 1. The summed E-state index contributed by atoms with van der Waals surface area (Å²) in [5.74, 6) is 2.80. The second-order valence-corrected chi connectivity index (χ2v) is 10.5. The van der Waals surface area contributed by atoms with Gasteiger partial charge in [-0.15, -0.1) is 0 Å². The number of nitrogens with one attached hydrogen (secondary N) is 1. The van der Waals surface area contributed by atoms with Crippen molar-refractivity contribution >= 4 is 22.7 Å². The molecule has 2 aromatic carbocycles. The van der Waals surface area contributed by atoms with Gasteiger partial charge in [-0.25, -0.2) is 14.8 Å². The molecule has 196 valence electrons. The Kier molecular flexibility index (Phi) is 6.89. The molecule has 0 saturated heterocycles. The van der Waals surface area contributed by atoms with Crippen LogP contribution >= 0.6 is 0 Å². The van der Waals surface area contributed by atoms with Gasteiger partial charge in [0, 0.05) is 46.6 Å². The standard InChI is InChI=1S/C30H32N4O4/c1-18-12-13-31-28(32-18)24-15-23(24)26-16-27(37-17-19-6-9-21(36-5)10-7-19)22-11-8-20(14-25(22)34-26)33-29(35)38-30(2,3)4/h6-14,16,23-24H,15,17H2,1-5H3,(H,33,35)/t23-,24-/m0/s1. The number of anilines is 1. The number of methoxy groups -OCH3 is 1. The number of carbonyl (C=O) groups is 1. The van der Waals surface area contributed by atoms with E-state index in [1.165, 1.54) is 0 Å². The van der Waals surface area contributed by atoms with Crippen LogP contribution in [0, 0.1) is 6.92 Å². The highest BCUT2D eigenvalue weighted by Crippen LogP contribution is 2.53. The van der Waals surface area contributed by atoms with Crippen LogP contribution in [0.25, 0.3) is 10.9 Å². The lowest BCUT2D eigenvalue weighted by atomic mass is 10.1. The van der Waals surface area contributed by atoms with Crippen LogP contribution in [0.3, 0.4) is 0 Å². The van der Waals surface area contributed by atoms with Gasteiger partial charge < -0.3 is 14.2 Å². The van der Waals surface area contributed by atoms with E-state index in [4.69, 9.17) is 19.2 Å². The molecule has 1 N–H and O–H groups in total. The molecular formula is C30H32N4O4. The lowest BCUT2D eigenvalue weighted by Crippen LogP contribution is -2.27. The topological polar surface area (TPSA) is 95.5 Å². The molecule has 0 unspecified atom stereocenters. The Labute approximate surface area is 222 Å². The van der Waals surface area contributed by atoms with E-state index in [2.05, 4.69) is 15.3 Å². The number of amides is 1. The Bertz CT molecular complexity index is 1460. The largest absolute Gasteiger partial charge is 0.497 e. The van der Waals surface area contributed by atoms with Crippen LogP contribution in [0.15, 0.2) is 60.8 Å². The first-order valence-corrected chi connectivity index (χ1v) is 12.7. The van der Waals surface area contributed by atoms with Crippen molar-refractivity contribution in [3.05, 3.63) is 83.6 Å². The molecule has 0 bridgehead atoms. The average Bonchev–Trinajstić information content (AvgIpc) is 3.67. The fraction of sp³-hybridized carbons (Fsp3) is 0.333. The molecule has 0 aliphatic heterocycles. The number of ether oxygens (including phenoxy) is 3. The number of aryl methyl sites for hydroxylation is 1. The quantitative estimate of drug-likeness (QED) is 0.300. The molecule has 38 heavy (non-hydrogen) atoms.